The number of hydrogen-bond donors (Lipinski definition) is 1. The van der Waals surface area contributed by atoms with Gasteiger partial charge in [0.1, 0.15) is 11.6 Å². The van der Waals surface area contributed by atoms with E-state index in [1.165, 1.54) is 6.42 Å². The Morgan fingerprint density at radius 1 is 1.17 bits per heavy atom. The second-order valence-corrected chi connectivity index (χ2v) is 7.83. The molecule has 1 amide bonds. The van der Waals surface area contributed by atoms with Crippen LogP contribution in [-0.4, -0.2) is 27.3 Å². The standard InChI is InChI=1S/C23H25ClN4O2/c1-2-13-30-18-8-6-7-16(14-18)23(29)25-17-10-11-20(24)19(15-17)22-27-26-21-9-4-3-5-12-28(21)22/h6-8,10-11,14-15H,2-5,9,12-13H2,1H3,(H,25,29). The molecule has 4 rings (SSSR count). The second-order valence-electron chi connectivity index (χ2n) is 7.43. The number of halogens is 1. The molecule has 2 aromatic carbocycles. The van der Waals surface area contributed by atoms with Gasteiger partial charge in [-0.2, -0.15) is 0 Å². The minimum Gasteiger partial charge on any atom is -0.494 e. The first-order valence-corrected chi connectivity index (χ1v) is 10.8. The van der Waals surface area contributed by atoms with Crippen molar-refractivity contribution in [2.24, 2.45) is 0 Å². The highest BCUT2D eigenvalue weighted by Gasteiger charge is 2.19. The predicted octanol–water partition coefficient (Wildman–Crippen LogP) is 5.37. The third-order valence-electron chi connectivity index (χ3n) is 5.14. The van der Waals surface area contributed by atoms with E-state index < -0.39 is 0 Å². The molecule has 0 bridgehead atoms. The van der Waals surface area contributed by atoms with E-state index in [0.29, 0.717) is 28.6 Å². The lowest BCUT2D eigenvalue weighted by Crippen LogP contribution is -2.12. The molecule has 30 heavy (non-hydrogen) atoms. The summed E-state index contributed by atoms with van der Waals surface area (Å²) in [7, 11) is 0. The summed E-state index contributed by atoms with van der Waals surface area (Å²) in [6, 6.07) is 12.6. The van der Waals surface area contributed by atoms with Crippen LogP contribution in [-0.2, 0) is 13.0 Å². The van der Waals surface area contributed by atoms with Gasteiger partial charge in [0.05, 0.1) is 11.6 Å². The molecule has 1 aliphatic rings. The number of ether oxygens (including phenoxy) is 1. The maximum absolute atomic E-state index is 12.8. The molecule has 1 aliphatic heterocycles. The molecule has 156 valence electrons. The molecule has 0 saturated heterocycles. The molecule has 0 fully saturated rings. The third kappa shape index (κ3) is 4.49. The monoisotopic (exact) mass is 424 g/mol. The van der Waals surface area contributed by atoms with Gasteiger partial charge in [0.25, 0.3) is 5.91 Å². The zero-order valence-electron chi connectivity index (χ0n) is 17.0. The summed E-state index contributed by atoms with van der Waals surface area (Å²) in [5, 5.41) is 12.3. The summed E-state index contributed by atoms with van der Waals surface area (Å²) in [6.07, 6.45) is 5.26. The number of benzene rings is 2. The van der Waals surface area contributed by atoms with Crippen molar-refractivity contribution in [1.82, 2.24) is 14.8 Å². The number of fused-ring (bicyclic) bond motifs is 1. The highest BCUT2D eigenvalue weighted by atomic mass is 35.5. The van der Waals surface area contributed by atoms with E-state index in [0.717, 1.165) is 49.4 Å². The number of hydrogen-bond acceptors (Lipinski definition) is 4. The fraction of sp³-hybridized carbons (Fsp3) is 0.348. The highest BCUT2D eigenvalue weighted by molar-refractivity contribution is 6.33. The molecular formula is C23H25ClN4O2. The van der Waals surface area contributed by atoms with E-state index >= 15 is 0 Å². The molecule has 3 aromatic rings. The fourth-order valence-electron chi connectivity index (χ4n) is 3.61. The molecule has 0 unspecified atom stereocenters. The lowest BCUT2D eigenvalue weighted by atomic mass is 10.1. The number of aryl methyl sites for hydroxylation is 1. The van der Waals surface area contributed by atoms with Crippen molar-refractivity contribution in [2.75, 3.05) is 11.9 Å². The van der Waals surface area contributed by atoms with Crippen molar-refractivity contribution in [3.8, 4) is 17.1 Å². The molecule has 0 saturated carbocycles. The Labute approximate surface area is 181 Å². The average molecular weight is 425 g/mol. The van der Waals surface area contributed by atoms with Gasteiger partial charge in [-0.25, -0.2) is 0 Å². The molecule has 2 heterocycles. The van der Waals surface area contributed by atoms with Crippen LogP contribution in [0.3, 0.4) is 0 Å². The first kappa shape index (κ1) is 20.4. The van der Waals surface area contributed by atoms with E-state index in [2.05, 4.69) is 20.1 Å². The highest BCUT2D eigenvalue weighted by Crippen LogP contribution is 2.31. The van der Waals surface area contributed by atoms with Crippen LogP contribution in [0.2, 0.25) is 5.02 Å². The second kappa shape index (κ2) is 9.30. The fourth-order valence-corrected chi connectivity index (χ4v) is 3.81. The molecule has 6 nitrogen and oxygen atoms in total. The lowest BCUT2D eigenvalue weighted by Gasteiger charge is -2.12. The number of carbonyl (C=O) groups excluding carboxylic acids is 1. The van der Waals surface area contributed by atoms with Gasteiger partial charge in [0, 0.05) is 29.8 Å². The minimum absolute atomic E-state index is 0.203. The number of anilines is 1. The van der Waals surface area contributed by atoms with Gasteiger partial charge in [-0.15, -0.1) is 10.2 Å². The van der Waals surface area contributed by atoms with Crippen LogP contribution in [0, 0.1) is 0 Å². The molecule has 0 radical (unpaired) electrons. The van der Waals surface area contributed by atoms with E-state index in [9.17, 15) is 4.79 Å². The van der Waals surface area contributed by atoms with Crippen molar-refractivity contribution in [1.29, 1.82) is 0 Å². The van der Waals surface area contributed by atoms with Crippen molar-refractivity contribution < 1.29 is 9.53 Å². The number of aromatic nitrogens is 3. The first-order valence-electron chi connectivity index (χ1n) is 10.4. The van der Waals surface area contributed by atoms with Crippen molar-refractivity contribution >= 4 is 23.2 Å². The van der Waals surface area contributed by atoms with Crippen LogP contribution in [0.1, 0.15) is 48.8 Å². The maximum atomic E-state index is 12.8. The minimum atomic E-state index is -0.203. The Balaban J connectivity index is 1.57. The van der Waals surface area contributed by atoms with Gasteiger partial charge in [0.15, 0.2) is 5.82 Å². The zero-order valence-corrected chi connectivity index (χ0v) is 17.8. The Kier molecular flexibility index (Phi) is 6.33. The van der Waals surface area contributed by atoms with Crippen LogP contribution in [0.4, 0.5) is 5.69 Å². The van der Waals surface area contributed by atoms with Crippen LogP contribution in [0.5, 0.6) is 5.75 Å². The smallest absolute Gasteiger partial charge is 0.255 e. The van der Waals surface area contributed by atoms with Gasteiger partial charge in [-0.3, -0.25) is 4.79 Å². The van der Waals surface area contributed by atoms with Crippen molar-refractivity contribution in [2.45, 2.75) is 45.6 Å². The SMILES string of the molecule is CCCOc1cccc(C(=O)Nc2ccc(Cl)c(-c3nnc4n3CCCCC4)c2)c1. The number of nitrogens with zero attached hydrogens (tertiary/aromatic N) is 3. The van der Waals surface area contributed by atoms with Gasteiger partial charge >= 0.3 is 0 Å². The molecular weight excluding hydrogens is 400 g/mol. The van der Waals surface area contributed by atoms with E-state index in [1.807, 2.05) is 25.1 Å². The summed E-state index contributed by atoms with van der Waals surface area (Å²) in [5.41, 5.74) is 1.97. The lowest BCUT2D eigenvalue weighted by molar-refractivity contribution is 0.102. The average Bonchev–Trinajstić information content (AvgIpc) is 3.01. The number of nitrogens with one attached hydrogen (secondary N) is 1. The first-order chi connectivity index (χ1) is 14.7. The quantitative estimate of drug-likeness (QED) is 0.577. The number of carbonyl (C=O) groups is 1. The van der Waals surface area contributed by atoms with Crippen LogP contribution in [0.15, 0.2) is 42.5 Å². The topological polar surface area (TPSA) is 69.0 Å². The summed E-state index contributed by atoms with van der Waals surface area (Å²) in [5.74, 6) is 2.23. The van der Waals surface area contributed by atoms with Crippen molar-refractivity contribution in [3.63, 3.8) is 0 Å². The number of rotatable bonds is 6. The van der Waals surface area contributed by atoms with Gasteiger partial charge < -0.3 is 14.6 Å². The van der Waals surface area contributed by atoms with E-state index in [-0.39, 0.29) is 5.91 Å². The molecule has 0 spiro atoms. The van der Waals surface area contributed by atoms with E-state index in [1.54, 1.807) is 24.3 Å². The Morgan fingerprint density at radius 2 is 2.07 bits per heavy atom. The summed E-state index contributed by atoms with van der Waals surface area (Å²) < 4.78 is 7.77. The molecule has 7 heteroatoms. The summed E-state index contributed by atoms with van der Waals surface area (Å²) >= 11 is 6.48. The largest absolute Gasteiger partial charge is 0.494 e. The Bertz CT molecular complexity index is 1050. The maximum Gasteiger partial charge on any atom is 0.255 e. The van der Waals surface area contributed by atoms with Gasteiger partial charge in [-0.05, 0) is 55.7 Å². The van der Waals surface area contributed by atoms with Gasteiger partial charge in [0.2, 0.25) is 0 Å². The number of amides is 1. The summed E-state index contributed by atoms with van der Waals surface area (Å²) in [6.45, 7) is 3.55. The van der Waals surface area contributed by atoms with Crippen LogP contribution in [0.25, 0.3) is 11.4 Å². The molecule has 0 aliphatic carbocycles. The predicted molar refractivity (Wildman–Crippen MR) is 118 cm³/mol. The molecule has 0 atom stereocenters. The molecule has 1 N–H and O–H groups in total. The van der Waals surface area contributed by atoms with Crippen LogP contribution >= 0.6 is 11.6 Å². The Hall–Kier alpha value is -2.86. The third-order valence-corrected chi connectivity index (χ3v) is 5.47. The zero-order chi connectivity index (χ0) is 20.9. The van der Waals surface area contributed by atoms with E-state index in [4.69, 9.17) is 16.3 Å². The summed E-state index contributed by atoms with van der Waals surface area (Å²) in [4.78, 5) is 12.8. The molecule has 1 aromatic heterocycles. The van der Waals surface area contributed by atoms with Crippen LogP contribution < -0.4 is 10.1 Å². The van der Waals surface area contributed by atoms with Gasteiger partial charge in [-0.1, -0.05) is 31.0 Å². The normalized spacial score (nSPS) is 13.4. The van der Waals surface area contributed by atoms with Crippen molar-refractivity contribution in [3.05, 3.63) is 58.9 Å². The Morgan fingerprint density at radius 3 is 2.93 bits per heavy atom.